The van der Waals surface area contributed by atoms with Crippen LogP contribution in [0.4, 0.5) is 5.69 Å². The fraction of sp³-hybridized carbons (Fsp3) is 0.316. The number of rotatable bonds is 5. The number of nitrogens with one attached hydrogen (secondary N) is 1. The van der Waals surface area contributed by atoms with Crippen LogP contribution in [0.1, 0.15) is 31.7 Å². The predicted molar refractivity (Wildman–Crippen MR) is 111 cm³/mol. The van der Waals surface area contributed by atoms with Crippen LogP contribution in [0.3, 0.4) is 0 Å². The van der Waals surface area contributed by atoms with Crippen molar-refractivity contribution in [2.24, 2.45) is 7.05 Å². The average Bonchev–Trinajstić information content (AvgIpc) is 3.02. The molecule has 0 spiro atoms. The van der Waals surface area contributed by atoms with Crippen LogP contribution in [-0.4, -0.2) is 25.5 Å². The first-order valence-electron chi connectivity index (χ1n) is 8.87. The lowest BCUT2D eigenvalue weighted by Gasteiger charge is -2.19. The van der Waals surface area contributed by atoms with Gasteiger partial charge in [-0.3, -0.25) is 0 Å². The molecule has 1 aliphatic heterocycles. The summed E-state index contributed by atoms with van der Waals surface area (Å²) in [5, 5.41) is 12.9. The smallest absolute Gasteiger partial charge is 0.247 e. The molecule has 27 heavy (non-hydrogen) atoms. The molecule has 1 aliphatic rings. The van der Waals surface area contributed by atoms with Crippen LogP contribution in [0.25, 0.3) is 11.3 Å². The first-order chi connectivity index (χ1) is 13.2. The van der Waals surface area contributed by atoms with Crippen molar-refractivity contribution < 1.29 is 4.74 Å². The molecule has 1 N–H and O–H groups in total. The minimum Gasteiger partial charge on any atom is -0.446 e. The van der Waals surface area contributed by atoms with Gasteiger partial charge in [-0.1, -0.05) is 41.0 Å². The van der Waals surface area contributed by atoms with Gasteiger partial charge in [0.1, 0.15) is 0 Å². The lowest BCUT2D eigenvalue weighted by Crippen LogP contribution is -2.19. The molecule has 0 aliphatic carbocycles. The molecule has 0 saturated carbocycles. The highest BCUT2D eigenvalue weighted by Crippen LogP contribution is 2.40. The van der Waals surface area contributed by atoms with Gasteiger partial charge in [0.15, 0.2) is 5.69 Å². The minimum absolute atomic E-state index is 0.364. The highest BCUT2D eigenvalue weighted by Gasteiger charge is 2.27. The fourth-order valence-electron chi connectivity index (χ4n) is 2.92. The molecule has 6 nitrogen and oxygen atoms in total. The normalized spacial score (nSPS) is 15.3. The van der Waals surface area contributed by atoms with E-state index >= 15 is 0 Å². The summed E-state index contributed by atoms with van der Waals surface area (Å²) in [6, 6.07) is 10.1. The SMILES string of the molecule is CCCCSc1nnc2c(n1)OC(c1cccn1C)Nc1ccc(Br)cc1-2. The maximum Gasteiger partial charge on any atom is 0.247 e. The average molecular weight is 446 g/mol. The molecular weight excluding hydrogens is 426 g/mol. The second kappa shape index (κ2) is 7.90. The number of unbranched alkanes of at least 4 members (excludes halogenated alkanes) is 1. The van der Waals surface area contributed by atoms with Crippen molar-refractivity contribution in [3.63, 3.8) is 0 Å². The maximum absolute atomic E-state index is 6.28. The Morgan fingerprint density at radius 3 is 2.96 bits per heavy atom. The highest BCUT2D eigenvalue weighted by molar-refractivity contribution is 9.10. The lowest BCUT2D eigenvalue weighted by atomic mass is 10.1. The van der Waals surface area contributed by atoms with Gasteiger partial charge < -0.3 is 14.6 Å². The fourth-order valence-corrected chi connectivity index (χ4v) is 4.14. The standard InChI is InChI=1S/C19H20BrN5OS/c1-3-4-10-27-19-22-18-16(23-24-19)13-11-12(20)7-8-14(13)21-17(26-18)15-6-5-9-25(15)2/h5-9,11,17,21H,3-4,10H2,1-2H3. The van der Waals surface area contributed by atoms with Crippen LogP contribution in [-0.2, 0) is 7.05 Å². The van der Waals surface area contributed by atoms with Gasteiger partial charge >= 0.3 is 0 Å². The van der Waals surface area contributed by atoms with E-state index in [1.54, 1.807) is 11.8 Å². The van der Waals surface area contributed by atoms with Crippen LogP contribution in [0.15, 0.2) is 46.2 Å². The first-order valence-corrected chi connectivity index (χ1v) is 10.7. The summed E-state index contributed by atoms with van der Waals surface area (Å²) < 4.78 is 9.28. The van der Waals surface area contributed by atoms with E-state index in [1.165, 1.54) is 0 Å². The Balaban J connectivity index is 1.77. The van der Waals surface area contributed by atoms with Crippen LogP contribution in [0.5, 0.6) is 5.88 Å². The van der Waals surface area contributed by atoms with E-state index in [1.807, 2.05) is 48.1 Å². The summed E-state index contributed by atoms with van der Waals surface area (Å²) in [5.74, 6) is 1.47. The van der Waals surface area contributed by atoms with Crippen LogP contribution >= 0.6 is 27.7 Å². The minimum atomic E-state index is -0.364. The summed E-state index contributed by atoms with van der Waals surface area (Å²) >= 11 is 5.16. The third-order valence-corrected chi connectivity index (χ3v) is 5.79. The van der Waals surface area contributed by atoms with Crippen LogP contribution in [0, 0.1) is 0 Å². The number of nitrogens with zero attached hydrogens (tertiary/aromatic N) is 4. The first kappa shape index (κ1) is 18.3. The van der Waals surface area contributed by atoms with Crippen molar-refractivity contribution in [2.45, 2.75) is 31.1 Å². The van der Waals surface area contributed by atoms with E-state index < -0.39 is 0 Å². The second-order valence-electron chi connectivity index (χ2n) is 6.33. The highest BCUT2D eigenvalue weighted by atomic mass is 79.9. The number of benzene rings is 1. The van der Waals surface area contributed by atoms with E-state index in [9.17, 15) is 0 Å². The third-order valence-electron chi connectivity index (χ3n) is 4.37. The summed E-state index contributed by atoms with van der Waals surface area (Å²) in [5.41, 5.74) is 3.51. The van der Waals surface area contributed by atoms with Crippen molar-refractivity contribution in [3.05, 3.63) is 46.7 Å². The molecule has 1 aromatic carbocycles. The van der Waals surface area contributed by atoms with Crippen LogP contribution < -0.4 is 10.1 Å². The summed E-state index contributed by atoms with van der Waals surface area (Å²) in [6.07, 6.45) is 3.90. The van der Waals surface area contributed by atoms with E-state index in [2.05, 4.69) is 43.4 Å². The number of halogens is 1. The Labute approximate surface area is 170 Å². The largest absolute Gasteiger partial charge is 0.446 e. The molecule has 1 unspecified atom stereocenters. The molecule has 3 heterocycles. The molecular formula is C19H20BrN5OS. The number of hydrogen-bond acceptors (Lipinski definition) is 6. The molecule has 0 amide bonds. The Hall–Kier alpha value is -2.06. The third kappa shape index (κ3) is 3.82. The molecule has 0 fully saturated rings. The molecule has 0 saturated heterocycles. The van der Waals surface area contributed by atoms with Crippen molar-refractivity contribution in [2.75, 3.05) is 11.1 Å². The zero-order valence-corrected chi connectivity index (χ0v) is 17.5. The number of thioether (sulfide) groups is 1. The van der Waals surface area contributed by atoms with Crippen molar-refractivity contribution in [1.82, 2.24) is 19.7 Å². The molecule has 4 rings (SSSR count). The van der Waals surface area contributed by atoms with Gasteiger partial charge in [-0.25, -0.2) is 0 Å². The van der Waals surface area contributed by atoms with Crippen molar-refractivity contribution >= 4 is 33.4 Å². The monoisotopic (exact) mass is 445 g/mol. The zero-order chi connectivity index (χ0) is 18.8. The molecule has 140 valence electrons. The summed E-state index contributed by atoms with van der Waals surface area (Å²) in [6.45, 7) is 2.17. The van der Waals surface area contributed by atoms with Crippen molar-refractivity contribution in [3.8, 4) is 17.1 Å². The second-order valence-corrected chi connectivity index (χ2v) is 8.30. The number of ether oxygens (including phenoxy) is 1. The van der Waals surface area contributed by atoms with E-state index in [0.29, 0.717) is 16.7 Å². The summed E-state index contributed by atoms with van der Waals surface area (Å²) in [4.78, 5) is 4.67. The number of anilines is 1. The molecule has 2 aromatic heterocycles. The Morgan fingerprint density at radius 1 is 1.30 bits per heavy atom. The van der Waals surface area contributed by atoms with Gasteiger partial charge in [-0.2, -0.15) is 4.98 Å². The van der Waals surface area contributed by atoms with Gasteiger partial charge in [0.25, 0.3) is 0 Å². The number of fused-ring (bicyclic) bond motifs is 3. The van der Waals surface area contributed by atoms with Crippen molar-refractivity contribution in [1.29, 1.82) is 0 Å². The molecule has 1 atom stereocenters. The van der Waals surface area contributed by atoms with E-state index in [0.717, 1.165) is 40.0 Å². The number of aromatic nitrogens is 4. The quantitative estimate of drug-likeness (QED) is 0.438. The van der Waals surface area contributed by atoms with Gasteiger partial charge in [0, 0.05) is 34.7 Å². The van der Waals surface area contributed by atoms with E-state index in [-0.39, 0.29) is 6.23 Å². The topological polar surface area (TPSA) is 64.9 Å². The van der Waals surface area contributed by atoms with Gasteiger partial charge in [-0.15, -0.1) is 10.2 Å². The Bertz CT molecular complexity index is 961. The number of hydrogen-bond donors (Lipinski definition) is 1. The van der Waals surface area contributed by atoms with E-state index in [4.69, 9.17) is 4.74 Å². The maximum atomic E-state index is 6.28. The zero-order valence-electron chi connectivity index (χ0n) is 15.1. The lowest BCUT2D eigenvalue weighted by molar-refractivity contribution is 0.217. The molecule has 0 bridgehead atoms. The molecule has 3 aromatic rings. The van der Waals surface area contributed by atoms with Crippen LogP contribution in [0.2, 0.25) is 0 Å². The number of aryl methyl sites for hydroxylation is 1. The predicted octanol–water partition coefficient (Wildman–Crippen LogP) is 5.03. The molecule has 8 heteroatoms. The Morgan fingerprint density at radius 2 is 2.19 bits per heavy atom. The Kier molecular flexibility index (Phi) is 5.36. The van der Waals surface area contributed by atoms with Gasteiger partial charge in [0.05, 0.1) is 5.69 Å². The van der Waals surface area contributed by atoms with Gasteiger partial charge in [0.2, 0.25) is 17.3 Å². The molecule has 0 radical (unpaired) electrons. The van der Waals surface area contributed by atoms with Gasteiger partial charge in [-0.05, 0) is 36.8 Å². The summed E-state index contributed by atoms with van der Waals surface area (Å²) in [7, 11) is 2.00.